The van der Waals surface area contributed by atoms with Crippen molar-refractivity contribution < 1.29 is 4.79 Å². The van der Waals surface area contributed by atoms with Crippen LogP contribution in [0.5, 0.6) is 0 Å². The number of hydrogen-bond donors (Lipinski definition) is 2. The van der Waals surface area contributed by atoms with E-state index in [1.807, 2.05) is 43.3 Å². The van der Waals surface area contributed by atoms with Crippen molar-refractivity contribution in [2.75, 3.05) is 5.73 Å². The molecule has 0 radical (unpaired) electrons. The van der Waals surface area contributed by atoms with Gasteiger partial charge in [0, 0.05) is 17.1 Å². The van der Waals surface area contributed by atoms with Gasteiger partial charge < -0.3 is 11.1 Å². The number of aryl methyl sites for hydroxylation is 1. The molecule has 0 aliphatic carbocycles. The van der Waals surface area contributed by atoms with Gasteiger partial charge in [0.25, 0.3) is 5.91 Å². The third-order valence-electron chi connectivity index (χ3n) is 2.40. The molecule has 17 heavy (non-hydrogen) atoms. The summed E-state index contributed by atoms with van der Waals surface area (Å²) in [6.07, 6.45) is 0. The largest absolute Gasteiger partial charge is 0.399 e. The second kappa shape index (κ2) is 5.01. The number of nitrogens with one attached hydrogen (secondary N) is 1. The van der Waals surface area contributed by atoms with E-state index in [9.17, 15) is 4.79 Å². The van der Waals surface area contributed by atoms with Crippen LogP contribution in [0.1, 0.15) is 20.1 Å². The maximum absolute atomic E-state index is 11.8. The number of carbonyl (C=O) groups excluding carboxylic acids is 1. The number of rotatable bonds is 3. The van der Waals surface area contributed by atoms with Gasteiger partial charge >= 0.3 is 0 Å². The Morgan fingerprint density at radius 2 is 1.94 bits per heavy atom. The zero-order valence-electron chi connectivity index (χ0n) is 9.57. The zero-order chi connectivity index (χ0) is 12.3. The summed E-state index contributed by atoms with van der Waals surface area (Å²) in [5.41, 5.74) is 7.36. The number of amides is 1. The predicted octanol–water partition coefficient (Wildman–Crippen LogP) is 2.57. The SMILES string of the molecule is Cc1ccc(C(=O)NCc2ccc(N)cc2)s1. The Hall–Kier alpha value is -1.81. The Balaban J connectivity index is 1.94. The van der Waals surface area contributed by atoms with E-state index in [4.69, 9.17) is 5.73 Å². The van der Waals surface area contributed by atoms with Gasteiger partial charge in [-0.1, -0.05) is 12.1 Å². The highest BCUT2D eigenvalue weighted by atomic mass is 32.1. The van der Waals surface area contributed by atoms with Gasteiger partial charge in [-0.2, -0.15) is 0 Å². The van der Waals surface area contributed by atoms with Crippen LogP contribution in [-0.2, 0) is 6.54 Å². The molecule has 0 spiro atoms. The lowest BCUT2D eigenvalue weighted by Gasteiger charge is -2.04. The summed E-state index contributed by atoms with van der Waals surface area (Å²) in [7, 11) is 0. The van der Waals surface area contributed by atoms with Crippen LogP contribution in [0.15, 0.2) is 36.4 Å². The van der Waals surface area contributed by atoms with E-state index >= 15 is 0 Å². The van der Waals surface area contributed by atoms with Crippen molar-refractivity contribution in [1.82, 2.24) is 5.32 Å². The maximum Gasteiger partial charge on any atom is 0.261 e. The van der Waals surface area contributed by atoms with Crippen molar-refractivity contribution in [1.29, 1.82) is 0 Å². The molecule has 88 valence electrons. The molecule has 2 rings (SSSR count). The van der Waals surface area contributed by atoms with Crippen LogP contribution >= 0.6 is 11.3 Å². The van der Waals surface area contributed by atoms with Crippen LogP contribution in [0, 0.1) is 6.92 Å². The minimum atomic E-state index is -0.0278. The number of anilines is 1. The summed E-state index contributed by atoms with van der Waals surface area (Å²) in [5.74, 6) is -0.0278. The van der Waals surface area contributed by atoms with Crippen LogP contribution in [0.2, 0.25) is 0 Å². The first-order chi connectivity index (χ1) is 8.15. The second-order valence-corrected chi connectivity index (χ2v) is 5.12. The number of carbonyl (C=O) groups is 1. The summed E-state index contributed by atoms with van der Waals surface area (Å²) in [5, 5.41) is 2.88. The minimum absolute atomic E-state index is 0.0278. The van der Waals surface area contributed by atoms with Crippen molar-refractivity contribution >= 4 is 22.9 Å². The Morgan fingerprint density at radius 1 is 1.24 bits per heavy atom. The molecule has 0 atom stereocenters. The van der Waals surface area contributed by atoms with Crippen molar-refractivity contribution in [3.63, 3.8) is 0 Å². The van der Waals surface area contributed by atoms with Gasteiger partial charge in [0.15, 0.2) is 0 Å². The number of benzene rings is 1. The fourth-order valence-corrected chi connectivity index (χ4v) is 2.25. The van der Waals surface area contributed by atoms with Crippen molar-refractivity contribution in [3.05, 3.63) is 51.7 Å². The van der Waals surface area contributed by atoms with E-state index in [1.165, 1.54) is 11.3 Å². The van der Waals surface area contributed by atoms with E-state index in [1.54, 1.807) is 0 Å². The van der Waals surface area contributed by atoms with Crippen LogP contribution in [0.4, 0.5) is 5.69 Å². The molecule has 0 bridgehead atoms. The second-order valence-electron chi connectivity index (χ2n) is 3.83. The fourth-order valence-electron chi connectivity index (χ4n) is 1.46. The molecule has 1 aromatic carbocycles. The average molecular weight is 246 g/mol. The van der Waals surface area contributed by atoms with Crippen molar-refractivity contribution in [2.45, 2.75) is 13.5 Å². The van der Waals surface area contributed by atoms with E-state index in [0.717, 1.165) is 21.0 Å². The lowest BCUT2D eigenvalue weighted by Crippen LogP contribution is -2.21. The first-order valence-corrected chi connectivity index (χ1v) is 6.16. The Kier molecular flexibility index (Phi) is 3.44. The summed E-state index contributed by atoms with van der Waals surface area (Å²) in [4.78, 5) is 13.7. The molecule has 4 heteroatoms. The molecule has 0 fully saturated rings. The molecule has 1 aromatic heterocycles. The molecule has 2 aromatic rings. The van der Waals surface area contributed by atoms with Crippen LogP contribution in [0.3, 0.4) is 0 Å². The average Bonchev–Trinajstić information content (AvgIpc) is 2.75. The van der Waals surface area contributed by atoms with Gasteiger partial charge in [-0.25, -0.2) is 0 Å². The van der Waals surface area contributed by atoms with Gasteiger partial charge in [-0.3, -0.25) is 4.79 Å². The van der Waals surface area contributed by atoms with E-state index in [-0.39, 0.29) is 5.91 Å². The standard InChI is InChI=1S/C13H14N2OS/c1-9-2-7-12(17-9)13(16)15-8-10-3-5-11(14)6-4-10/h2-7H,8,14H2,1H3,(H,15,16). The lowest BCUT2D eigenvalue weighted by molar-refractivity contribution is 0.0955. The minimum Gasteiger partial charge on any atom is -0.399 e. The smallest absolute Gasteiger partial charge is 0.261 e. The maximum atomic E-state index is 11.8. The molecule has 3 nitrogen and oxygen atoms in total. The number of nitrogens with two attached hydrogens (primary N) is 1. The van der Waals surface area contributed by atoms with Crippen molar-refractivity contribution in [2.24, 2.45) is 0 Å². The topological polar surface area (TPSA) is 55.1 Å². The number of hydrogen-bond acceptors (Lipinski definition) is 3. The number of thiophene rings is 1. The molecule has 0 aliphatic heterocycles. The number of nitrogen functional groups attached to an aromatic ring is 1. The summed E-state index contributed by atoms with van der Waals surface area (Å²) in [6.45, 7) is 2.51. The normalized spacial score (nSPS) is 10.2. The molecule has 1 amide bonds. The van der Waals surface area contributed by atoms with Crippen LogP contribution in [-0.4, -0.2) is 5.91 Å². The highest BCUT2D eigenvalue weighted by molar-refractivity contribution is 7.13. The van der Waals surface area contributed by atoms with E-state index in [2.05, 4.69) is 5.32 Å². The van der Waals surface area contributed by atoms with E-state index in [0.29, 0.717) is 6.54 Å². The van der Waals surface area contributed by atoms with Gasteiger partial charge in [-0.05, 0) is 36.8 Å². The summed E-state index contributed by atoms with van der Waals surface area (Å²) < 4.78 is 0. The molecule has 0 saturated carbocycles. The highest BCUT2D eigenvalue weighted by Gasteiger charge is 2.06. The third kappa shape index (κ3) is 3.07. The Labute approximate surface area is 104 Å². The molecule has 3 N–H and O–H groups in total. The Bertz CT molecular complexity index is 516. The highest BCUT2D eigenvalue weighted by Crippen LogP contribution is 2.14. The Morgan fingerprint density at radius 3 is 2.53 bits per heavy atom. The molecule has 0 saturated heterocycles. The van der Waals surface area contributed by atoms with Gasteiger partial charge in [-0.15, -0.1) is 11.3 Å². The summed E-state index contributed by atoms with van der Waals surface area (Å²) in [6, 6.07) is 11.3. The van der Waals surface area contributed by atoms with Crippen LogP contribution in [0.25, 0.3) is 0 Å². The third-order valence-corrected chi connectivity index (χ3v) is 3.40. The molecule has 0 unspecified atom stereocenters. The van der Waals surface area contributed by atoms with Gasteiger partial charge in [0.2, 0.25) is 0 Å². The molecule has 0 aliphatic rings. The first-order valence-electron chi connectivity index (χ1n) is 5.34. The lowest BCUT2D eigenvalue weighted by atomic mass is 10.2. The van der Waals surface area contributed by atoms with E-state index < -0.39 is 0 Å². The first kappa shape index (κ1) is 11.7. The molecule has 1 heterocycles. The molecular formula is C13H14N2OS. The van der Waals surface area contributed by atoms with Gasteiger partial charge in [0.05, 0.1) is 4.88 Å². The zero-order valence-corrected chi connectivity index (χ0v) is 10.4. The van der Waals surface area contributed by atoms with Crippen LogP contribution < -0.4 is 11.1 Å². The summed E-state index contributed by atoms with van der Waals surface area (Å²) >= 11 is 1.50. The fraction of sp³-hybridized carbons (Fsp3) is 0.154. The predicted molar refractivity (Wildman–Crippen MR) is 71.1 cm³/mol. The van der Waals surface area contributed by atoms with Crippen molar-refractivity contribution in [3.8, 4) is 0 Å². The van der Waals surface area contributed by atoms with Gasteiger partial charge in [0.1, 0.15) is 0 Å². The molecular weight excluding hydrogens is 232 g/mol. The quantitative estimate of drug-likeness (QED) is 0.818. The monoisotopic (exact) mass is 246 g/mol.